The van der Waals surface area contributed by atoms with E-state index in [2.05, 4.69) is 19.2 Å². The fourth-order valence-corrected chi connectivity index (χ4v) is 3.00. The normalized spacial score (nSPS) is 20.6. The SMILES string of the molecule is CCCCC(CC)CNCC1(CO)CCCC1. The van der Waals surface area contributed by atoms with Gasteiger partial charge in [0.2, 0.25) is 0 Å². The van der Waals surface area contributed by atoms with Crippen molar-refractivity contribution in [3.63, 3.8) is 0 Å². The fourth-order valence-electron chi connectivity index (χ4n) is 3.00. The quantitative estimate of drug-likeness (QED) is 0.649. The number of hydrogen-bond acceptors (Lipinski definition) is 2. The van der Waals surface area contributed by atoms with Gasteiger partial charge in [0.25, 0.3) is 0 Å². The van der Waals surface area contributed by atoms with Crippen LogP contribution in [-0.4, -0.2) is 24.8 Å². The van der Waals surface area contributed by atoms with Crippen LogP contribution in [0.3, 0.4) is 0 Å². The van der Waals surface area contributed by atoms with Crippen LogP contribution in [0.1, 0.15) is 65.2 Å². The Morgan fingerprint density at radius 1 is 1.24 bits per heavy atom. The number of aliphatic hydroxyl groups excluding tert-OH is 1. The molecule has 0 bridgehead atoms. The summed E-state index contributed by atoms with van der Waals surface area (Å²) < 4.78 is 0. The van der Waals surface area contributed by atoms with Crippen molar-refractivity contribution in [3.8, 4) is 0 Å². The molecular weight excluding hydrogens is 210 g/mol. The molecule has 1 unspecified atom stereocenters. The van der Waals surface area contributed by atoms with Gasteiger partial charge in [-0.05, 0) is 31.7 Å². The van der Waals surface area contributed by atoms with Crippen LogP contribution in [-0.2, 0) is 0 Å². The lowest BCUT2D eigenvalue weighted by Crippen LogP contribution is -2.37. The van der Waals surface area contributed by atoms with Crippen molar-refractivity contribution >= 4 is 0 Å². The van der Waals surface area contributed by atoms with Crippen LogP contribution in [0.5, 0.6) is 0 Å². The maximum atomic E-state index is 9.54. The van der Waals surface area contributed by atoms with E-state index in [1.807, 2.05) is 0 Å². The topological polar surface area (TPSA) is 32.3 Å². The molecule has 1 atom stereocenters. The lowest BCUT2D eigenvalue weighted by Gasteiger charge is -2.28. The van der Waals surface area contributed by atoms with Crippen molar-refractivity contribution in [1.82, 2.24) is 5.32 Å². The summed E-state index contributed by atoms with van der Waals surface area (Å²) in [6, 6.07) is 0. The molecule has 0 spiro atoms. The first-order chi connectivity index (χ1) is 8.26. The molecule has 0 saturated heterocycles. The van der Waals surface area contributed by atoms with Gasteiger partial charge in [0.1, 0.15) is 0 Å². The molecule has 17 heavy (non-hydrogen) atoms. The molecule has 0 radical (unpaired) electrons. The van der Waals surface area contributed by atoms with Crippen molar-refractivity contribution < 1.29 is 5.11 Å². The van der Waals surface area contributed by atoms with Gasteiger partial charge in [0.15, 0.2) is 0 Å². The second-order valence-electron chi connectivity index (χ2n) is 5.91. The minimum Gasteiger partial charge on any atom is -0.396 e. The summed E-state index contributed by atoms with van der Waals surface area (Å²) in [5, 5.41) is 13.2. The Bertz CT molecular complexity index is 187. The Hall–Kier alpha value is -0.0800. The minimum absolute atomic E-state index is 0.211. The molecule has 0 aromatic rings. The van der Waals surface area contributed by atoms with E-state index < -0.39 is 0 Å². The molecule has 0 aromatic heterocycles. The predicted octanol–water partition coefficient (Wildman–Crippen LogP) is 3.35. The maximum Gasteiger partial charge on any atom is 0.0499 e. The Labute approximate surface area is 107 Å². The van der Waals surface area contributed by atoms with Gasteiger partial charge >= 0.3 is 0 Å². The Morgan fingerprint density at radius 2 is 1.94 bits per heavy atom. The van der Waals surface area contributed by atoms with Gasteiger partial charge in [-0.3, -0.25) is 0 Å². The van der Waals surface area contributed by atoms with Gasteiger partial charge in [-0.1, -0.05) is 46.0 Å². The predicted molar refractivity (Wildman–Crippen MR) is 74.2 cm³/mol. The van der Waals surface area contributed by atoms with Gasteiger partial charge in [-0.25, -0.2) is 0 Å². The molecule has 0 aromatic carbocycles. The van der Waals surface area contributed by atoms with Crippen molar-refractivity contribution in [1.29, 1.82) is 0 Å². The molecule has 2 nitrogen and oxygen atoms in total. The van der Waals surface area contributed by atoms with Crippen molar-refractivity contribution in [2.75, 3.05) is 19.7 Å². The van der Waals surface area contributed by atoms with Crippen LogP contribution in [0.25, 0.3) is 0 Å². The largest absolute Gasteiger partial charge is 0.396 e. The summed E-state index contributed by atoms with van der Waals surface area (Å²) in [5.41, 5.74) is 0.211. The smallest absolute Gasteiger partial charge is 0.0499 e. The van der Waals surface area contributed by atoms with Crippen molar-refractivity contribution in [2.45, 2.75) is 65.2 Å². The van der Waals surface area contributed by atoms with Crippen LogP contribution in [0.2, 0.25) is 0 Å². The zero-order valence-corrected chi connectivity index (χ0v) is 11.8. The zero-order chi connectivity index (χ0) is 12.6. The molecule has 1 saturated carbocycles. The highest BCUT2D eigenvalue weighted by molar-refractivity contribution is 4.86. The average molecular weight is 241 g/mol. The van der Waals surface area contributed by atoms with Crippen LogP contribution in [0.4, 0.5) is 0 Å². The molecule has 2 heteroatoms. The van der Waals surface area contributed by atoms with E-state index in [4.69, 9.17) is 0 Å². The highest BCUT2D eigenvalue weighted by Gasteiger charge is 2.32. The second kappa shape index (κ2) is 8.10. The number of rotatable bonds is 9. The van der Waals surface area contributed by atoms with Gasteiger partial charge < -0.3 is 10.4 Å². The van der Waals surface area contributed by atoms with E-state index in [1.165, 1.54) is 51.4 Å². The standard InChI is InChI=1S/C15H31NO/c1-3-5-8-14(4-2)11-16-12-15(13-17)9-6-7-10-15/h14,16-17H,3-13H2,1-2H3. The average Bonchev–Trinajstić information content (AvgIpc) is 2.83. The molecular formula is C15H31NO. The first-order valence-electron chi connectivity index (χ1n) is 7.58. The summed E-state index contributed by atoms with van der Waals surface area (Å²) >= 11 is 0. The Morgan fingerprint density at radius 3 is 2.47 bits per heavy atom. The molecule has 0 amide bonds. The molecule has 1 aliphatic carbocycles. The summed E-state index contributed by atoms with van der Waals surface area (Å²) in [5.74, 6) is 0.826. The van der Waals surface area contributed by atoms with Gasteiger partial charge in [-0.2, -0.15) is 0 Å². The second-order valence-corrected chi connectivity index (χ2v) is 5.91. The monoisotopic (exact) mass is 241 g/mol. The summed E-state index contributed by atoms with van der Waals surface area (Å²) in [7, 11) is 0. The highest BCUT2D eigenvalue weighted by atomic mass is 16.3. The lowest BCUT2D eigenvalue weighted by atomic mass is 9.87. The molecule has 0 aliphatic heterocycles. The molecule has 102 valence electrons. The number of aliphatic hydroxyl groups is 1. The summed E-state index contributed by atoms with van der Waals surface area (Å²) in [6.45, 7) is 7.08. The van der Waals surface area contributed by atoms with Crippen LogP contribution >= 0.6 is 0 Å². The number of hydrogen-bond donors (Lipinski definition) is 2. The van der Waals surface area contributed by atoms with E-state index in [0.717, 1.165) is 19.0 Å². The van der Waals surface area contributed by atoms with E-state index >= 15 is 0 Å². The maximum absolute atomic E-state index is 9.54. The Kier molecular flexibility index (Phi) is 7.14. The third-order valence-electron chi connectivity index (χ3n) is 4.48. The third kappa shape index (κ3) is 4.97. The summed E-state index contributed by atoms with van der Waals surface area (Å²) in [6.07, 6.45) is 10.3. The first kappa shape index (κ1) is 15.0. The fraction of sp³-hybridized carbons (Fsp3) is 1.00. The minimum atomic E-state index is 0.211. The van der Waals surface area contributed by atoms with Crippen LogP contribution < -0.4 is 5.32 Å². The van der Waals surface area contributed by atoms with E-state index in [1.54, 1.807) is 0 Å². The number of nitrogens with one attached hydrogen (secondary N) is 1. The molecule has 0 heterocycles. The van der Waals surface area contributed by atoms with Crippen molar-refractivity contribution in [2.24, 2.45) is 11.3 Å². The van der Waals surface area contributed by atoms with Gasteiger partial charge in [-0.15, -0.1) is 0 Å². The van der Waals surface area contributed by atoms with Crippen molar-refractivity contribution in [3.05, 3.63) is 0 Å². The highest BCUT2D eigenvalue weighted by Crippen LogP contribution is 2.36. The molecule has 1 rings (SSSR count). The zero-order valence-electron chi connectivity index (χ0n) is 11.8. The van der Waals surface area contributed by atoms with E-state index in [0.29, 0.717) is 6.61 Å². The third-order valence-corrected chi connectivity index (χ3v) is 4.48. The number of unbranched alkanes of at least 4 members (excludes halogenated alkanes) is 1. The van der Waals surface area contributed by atoms with E-state index in [9.17, 15) is 5.11 Å². The van der Waals surface area contributed by atoms with Gasteiger partial charge in [0.05, 0.1) is 0 Å². The lowest BCUT2D eigenvalue weighted by molar-refractivity contribution is 0.126. The summed E-state index contributed by atoms with van der Waals surface area (Å²) in [4.78, 5) is 0. The van der Waals surface area contributed by atoms with Crippen LogP contribution in [0.15, 0.2) is 0 Å². The van der Waals surface area contributed by atoms with Gasteiger partial charge in [0, 0.05) is 18.6 Å². The first-order valence-corrected chi connectivity index (χ1v) is 7.58. The van der Waals surface area contributed by atoms with Crippen LogP contribution in [0, 0.1) is 11.3 Å². The van der Waals surface area contributed by atoms with E-state index in [-0.39, 0.29) is 5.41 Å². The molecule has 1 fully saturated rings. The molecule has 2 N–H and O–H groups in total. The molecule has 1 aliphatic rings. The Balaban J connectivity index is 2.20.